The number of hydrogen-bond acceptors (Lipinski definition) is 7. The molecule has 1 aromatic rings. The van der Waals surface area contributed by atoms with Crippen molar-refractivity contribution in [2.45, 2.75) is 64.1 Å². The molecule has 8 heteroatoms. The first kappa shape index (κ1) is 24.5. The molecule has 8 nitrogen and oxygen atoms in total. The molecule has 2 aliphatic heterocycles. The molecule has 0 bridgehead atoms. The van der Waals surface area contributed by atoms with E-state index in [1.807, 2.05) is 30.3 Å². The molecule has 5 atom stereocenters. The van der Waals surface area contributed by atoms with E-state index in [2.05, 4.69) is 30.6 Å². The molecule has 0 radical (unpaired) electrons. The minimum atomic E-state index is -0.808. The number of aliphatic hydroxyl groups is 1. The molecular weight excluding hydrogens is 410 g/mol. The van der Waals surface area contributed by atoms with Crippen LogP contribution in [0.15, 0.2) is 30.3 Å². The summed E-state index contributed by atoms with van der Waals surface area (Å²) in [5.41, 5.74) is 0.957. The van der Waals surface area contributed by atoms with Crippen LogP contribution in [0.3, 0.4) is 0 Å². The van der Waals surface area contributed by atoms with Gasteiger partial charge in [-0.1, -0.05) is 44.2 Å². The van der Waals surface area contributed by atoms with Crippen LogP contribution in [0.1, 0.15) is 38.7 Å². The largest absolute Gasteiger partial charge is 0.443 e. The van der Waals surface area contributed by atoms with Crippen molar-refractivity contribution in [1.29, 1.82) is 5.26 Å². The van der Waals surface area contributed by atoms with Crippen LogP contribution < -0.4 is 10.6 Å². The third-order valence-electron chi connectivity index (χ3n) is 6.18. The monoisotopic (exact) mass is 445 g/mol. The van der Waals surface area contributed by atoms with Crippen LogP contribution in [0.25, 0.3) is 0 Å². The van der Waals surface area contributed by atoms with Crippen molar-refractivity contribution >= 4 is 6.09 Å². The summed E-state index contributed by atoms with van der Waals surface area (Å²) in [6.45, 7) is 6.10. The number of ether oxygens (including phenoxy) is 3. The molecule has 5 unspecified atom stereocenters. The van der Waals surface area contributed by atoms with Crippen molar-refractivity contribution in [1.82, 2.24) is 10.6 Å². The van der Waals surface area contributed by atoms with Crippen LogP contribution in [0.2, 0.25) is 0 Å². The number of nitrogens with zero attached hydrogens (tertiary/aromatic N) is 1. The predicted molar refractivity (Wildman–Crippen MR) is 119 cm³/mol. The van der Waals surface area contributed by atoms with E-state index in [0.717, 1.165) is 18.4 Å². The maximum Gasteiger partial charge on any atom is 0.407 e. The zero-order valence-electron chi connectivity index (χ0n) is 19.0. The van der Waals surface area contributed by atoms with Crippen LogP contribution >= 0.6 is 0 Å². The van der Waals surface area contributed by atoms with E-state index >= 15 is 0 Å². The lowest BCUT2D eigenvalue weighted by Gasteiger charge is -2.28. The average molecular weight is 446 g/mol. The summed E-state index contributed by atoms with van der Waals surface area (Å²) in [6, 6.07) is 11.4. The normalized spacial score (nSPS) is 24.4. The van der Waals surface area contributed by atoms with Crippen molar-refractivity contribution in [2.24, 2.45) is 11.3 Å². The Morgan fingerprint density at radius 1 is 1.34 bits per heavy atom. The second-order valence-corrected chi connectivity index (χ2v) is 9.43. The smallest absolute Gasteiger partial charge is 0.407 e. The Bertz CT molecular complexity index is 767. The molecule has 2 fully saturated rings. The van der Waals surface area contributed by atoms with Gasteiger partial charge in [-0.3, -0.25) is 0 Å². The molecule has 0 spiro atoms. The summed E-state index contributed by atoms with van der Waals surface area (Å²) in [7, 11) is 0. The van der Waals surface area contributed by atoms with Gasteiger partial charge in [-0.2, -0.15) is 5.26 Å². The molecule has 2 saturated heterocycles. The molecular formula is C24H35N3O5. The fourth-order valence-electron chi connectivity index (χ4n) is 4.21. The van der Waals surface area contributed by atoms with E-state index in [4.69, 9.17) is 19.5 Å². The summed E-state index contributed by atoms with van der Waals surface area (Å²) in [6.07, 6.45) is 0.580. The molecule has 0 saturated carbocycles. The first-order valence-electron chi connectivity index (χ1n) is 11.4. The van der Waals surface area contributed by atoms with Gasteiger partial charge in [-0.25, -0.2) is 4.79 Å². The Labute approximate surface area is 190 Å². The molecule has 2 heterocycles. The van der Waals surface area contributed by atoms with E-state index in [1.54, 1.807) is 0 Å². The standard InChI is InChI=1S/C24H35N3O5/c1-24(2,10-6-11-25)16-26-14-20(28)19(13-17-7-4-3-5-8-17)27-23(29)32-21-15-31-22-18(21)9-12-30-22/h3-5,7-8,18-22,26,28H,6,9-10,12-16H2,1-2H3,(H,27,29). The van der Waals surface area contributed by atoms with Gasteiger partial charge >= 0.3 is 6.09 Å². The van der Waals surface area contributed by atoms with E-state index in [0.29, 0.717) is 39.1 Å². The lowest BCUT2D eigenvalue weighted by molar-refractivity contribution is -0.0907. The SMILES string of the molecule is CC(C)(CCC#N)CNCC(O)C(Cc1ccccc1)NC(=O)OC1COC2OCCC12. The Kier molecular flexibility index (Phi) is 8.88. The van der Waals surface area contributed by atoms with Crippen molar-refractivity contribution < 1.29 is 24.1 Å². The van der Waals surface area contributed by atoms with Crippen molar-refractivity contribution in [3.8, 4) is 6.07 Å². The quantitative estimate of drug-likeness (QED) is 0.479. The van der Waals surface area contributed by atoms with Crippen molar-refractivity contribution in [3.05, 3.63) is 35.9 Å². The molecule has 1 amide bonds. The summed E-state index contributed by atoms with van der Waals surface area (Å²) in [4.78, 5) is 12.7. The van der Waals surface area contributed by atoms with Gasteiger partial charge in [0.05, 0.1) is 37.3 Å². The molecule has 32 heavy (non-hydrogen) atoms. The van der Waals surface area contributed by atoms with Gasteiger partial charge in [-0.15, -0.1) is 0 Å². The second kappa shape index (κ2) is 11.6. The molecule has 0 aromatic heterocycles. The lowest BCUT2D eigenvalue weighted by atomic mass is 9.88. The van der Waals surface area contributed by atoms with E-state index in [9.17, 15) is 9.90 Å². The first-order chi connectivity index (χ1) is 15.4. The second-order valence-electron chi connectivity index (χ2n) is 9.43. The van der Waals surface area contributed by atoms with Crippen LogP contribution in [0.4, 0.5) is 4.79 Å². The van der Waals surface area contributed by atoms with Crippen LogP contribution in [0.5, 0.6) is 0 Å². The topological polar surface area (TPSA) is 113 Å². The van der Waals surface area contributed by atoms with Crippen molar-refractivity contribution in [3.63, 3.8) is 0 Å². The molecule has 3 N–H and O–H groups in total. The highest BCUT2D eigenvalue weighted by atomic mass is 16.7. The Morgan fingerprint density at radius 2 is 2.12 bits per heavy atom. The minimum absolute atomic E-state index is 0.0564. The third-order valence-corrected chi connectivity index (χ3v) is 6.18. The number of hydrogen-bond donors (Lipinski definition) is 3. The van der Waals surface area contributed by atoms with Crippen LogP contribution in [-0.2, 0) is 20.6 Å². The van der Waals surface area contributed by atoms with Crippen LogP contribution in [0, 0.1) is 22.7 Å². The number of alkyl carbamates (subject to hydrolysis) is 1. The number of nitriles is 1. The van der Waals surface area contributed by atoms with Gasteiger partial charge in [0.15, 0.2) is 6.29 Å². The molecule has 2 aliphatic rings. The predicted octanol–water partition coefficient (Wildman–Crippen LogP) is 2.37. The average Bonchev–Trinajstić information content (AvgIpc) is 3.37. The molecule has 0 aliphatic carbocycles. The number of benzene rings is 1. The molecule has 3 rings (SSSR count). The Morgan fingerprint density at radius 3 is 2.88 bits per heavy atom. The highest BCUT2D eigenvalue weighted by molar-refractivity contribution is 5.68. The van der Waals surface area contributed by atoms with Crippen molar-refractivity contribution in [2.75, 3.05) is 26.3 Å². The van der Waals surface area contributed by atoms with Gasteiger partial charge in [0.25, 0.3) is 0 Å². The van der Waals surface area contributed by atoms with Gasteiger partial charge in [0.2, 0.25) is 0 Å². The zero-order valence-corrected chi connectivity index (χ0v) is 19.0. The number of amides is 1. The summed E-state index contributed by atoms with van der Waals surface area (Å²) >= 11 is 0. The number of fused-ring (bicyclic) bond motifs is 1. The fourth-order valence-corrected chi connectivity index (χ4v) is 4.21. The van der Waals surface area contributed by atoms with Gasteiger partial charge in [-0.05, 0) is 30.2 Å². The lowest BCUT2D eigenvalue weighted by Crippen LogP contribution is -2.50. The fraction of sp³-hybridized carbons (Fsp3) is 0.667. The highest BCUT2D eigenvalue weighted by Gasteiger charge is 2.44. The molecule has 1 aromatic carbocycles. The Balaban J connectivity index is 1.55. The van der Waals surface area contributed by atoms with Gasteiger partial charge < -0.3 is 30.0 Å². The Hall–Kier alpha value is -2.18. The van der Waals surface area contributed by atoms with E-state index < -0.39 is 18.2 Å². The van der Waals surface area contributed by atoms with E-state index in [1.165, 1.54) is 0 Å². The summed E-state index contributed by atoms with van der Waals surface area (Å²) in [5, 5.41) is 25.8. The third kappa shape index (κ3) is 7.17. The number of nitrogens with one attached hydrogen (secondary N) is 2. The minimum Gasteiger partial charge on any atom is -0.443 e. The summed E-state index contributed by atoms with van der Waals surface area (Å²) in [5.74, 6) is 0.0653. The van der Waals surface area contributed by atoms with Gasteiger partial charge in [0.1, 0.15) is 6.10 Å². The zero-order chi connectivity index (χ0) is 23.0. The number of aliphatic hydroxyl groups excluding tert-OH is 1. The van der Waals surface area contributed by atoms with Gasteiger partial charge in [0, 0.05) is 19.5 Å². The van der Waals surface area contributed by atoms with E-state index in [-0.39, 0.29) is 23.7 Å². The maximum atomic E-state index is 12.7. The van der Waals surface area contributed by atoms with Crippen LogP contribution in [-0.4, -0.2) is 62.0 Å². The maximum absolute atomic E-state index is 12.7. The number of carbonyl (C=O) groups excluding carboxylic acids is 1. The highest BCUT2D eigenvalue weighted by Crippen LogP contribution is 2.33. The number of rotatable bonds is 11. The molecule has 176 valence electrons. The summed E-state index contributed by atoms with van der Waals surface area (Å²) < 4.78 is 16.7. The number of carbonyl (C=O) groups is 1. The first-order valence-corrected chi connectivity index (χ1v) is 11.4.